The van der Waals surface area contributed by atoms with Gasteiger partial charge in [0.2, 0.25) is 11.8 Å². The van der Waals surface area contributed by atoms with Crippen molar-refractivity contribution in [2.45, 2.75) is 13.3 Å². The van der Waals surface area contributed by atoms with Gasteiger partial charge in [0.15, 0.2) is 0 Å². The maximum Gasteiger partial charge on any atom is 0.336 e. The molecule has 0 saturated heterocycles. The summed E-state index contributed by atoms with van der Waals surface area (Å²) in [4.78, 5) is 33.1. The van der Waals surface area contributed by atoms with Gasteiger partial charge in [0, 0.05) is 17.9 Å². The summed E-state index contributed by atoms with van der Waals surface area (Å²) >= 11 is 1.28. The lowest BCUT2D eigenvalue weighted by Gasteiger charge is -2.07. The van der Waals surface area contributed by atoms with Gasteiger partial charge in [-0.15, -0.1) is 0 Å². The molecule has 0 aromatic heterocycles. The Kier molecular flexibility index (Phi) is 6.05. The summed E-state index contributed by atoms with van der Waals surface area (Å²) in [5.41, 5.74) is 6.21. The Labute approximate surface area is 120 Å². The lowest BCUT2D eigenvalue weighted by Crippen LogP contribution is -2.16. The molecule has 108 valence electrons. The average molecular weight is 296 g/mol. The molecule has 0 aliphatic carbocycles. The summed E-state index contributed by atoms with van der Waals surface area (Å²) in [6, 6.07) is 4.71. The Balaban J connectivity index is 2.52. The van der Waals surface area contributed by atoms with E-state index in [4.69, 9.17) is 10.8 Å². The number of anilines is 1. The molecule has 0 spiro atoms. The monoisotopic (exact) mass is 296 g/mol. The topological polar surface area (TPSA) is 109 Å². The number of primary amides is 1. The van der Waals surface area contributed by atoms with Gasteiger partial charge in [-0.1, -0.05) is 6.07 Å². The standard InChI is InChI=1S/C13H16N2O4S/c1-8-2-3-9(6-10(8)13(18)19)15-12(17)4-5-20-7-11(14)16/h2-3,6H,4-5,7H2,1H3,(H2,14,16)(H,15,17)(H,18,19). The SMILES string of the molecule is Cc1ccc(NC(=O)CCSCC(N)=O)cc1C(=O)O. The number of rotatable bonds is 7. The first-order valence-electron chi connectivity index (χ1n) is 5.90. The molecule has 7 heteroatoms. The summed E-state index contributed by atoms with van der Waals surface area (Å²) in [6.45, 7) is 1.69. The zero-order chi connectivity index (χ0) is 15.1. The van der Waals surface area contributed by atoms with E-state index in [0.717, 1.165) is 0 Å². The molecule has 1 aromatic rings. The van der Waals surface area contributed by atoms with Crippen LogP contribution < -0.4 is 11.1 Å². The summed E-state index contributed by atoms with van der Waals surface area (Å²) in [5.74, 6) is -1.02. The van der Waals surface area contributed by atoms with Crippen LogP contribution in [0.4, 0.5) is 5.69 Å². The summed E-state index contributed by atoms with van der Waals surface area (Å²) in [5, 5.41) is 11.6. The quantitative estimate of drug-likeness (QED) is 0.656. The smallest absolute Gasteiger partial charge is 0.336 e. The molecule has 0 bridgehead atoms. The minimum Gasteiger partial charge on any atom is -0.478 e. The predicted octanol–water partition coefficient (Wildman–Crippen LogP) is 1.24. The van der Waals surface area contributed by atoms with Crippen LogP contribution >= 0.6 is 11.8 Å². The van der Waals surface area contributed by atoms with Crippen molar-refractivity contribution in [1.29, 1.82) is 0 Å². The fraction of sp³-hybridized carbons (Fsp3) is 0.308. The molecule has 6 nitrogen and oxygen atoms in total. The van der Waals surface area contributed by atoms with E-state index in [0.29, 0.717) is 17.0 Å². The van der Waals surface area contributed by atoms with E-state index < -0.39 is 11.9 Å². The summed E-state index contributed by atoms with van der Waals surface area (Å²) in [7, 11) is 0. The van der Waals surface area contributed by atoms with Gasteiger partial charge in [-0.3, -0.25) is 9.59 Å². The second-order valence-corrected chi connectivity index (χ2v) is 5.26. The second kappa shape index (κ2) is 7.54. The van der Waals surface area contributed by atoms with Crippen molar-refractivity contribution in [1.82, 2.24) is 0 Å². The van der Waals surface area contributed by atoms with Crippen molar-refractivity contribution >= 4 is 35.2 Å². The van der Waals surface area contributed by atoms with Gasteiger partial charge < -0.3 is 16.2 Å². The Hall–Kier alpha value is -2.02. The van der Waals surface area contributed by atoms with Crippen LogP contribution in [-0.2, 0) is 9.59 Å². The molecule has 0 unspecified atom stereocenters. The fourth-order valence-electron chi connectivity index (χ4n) is 1.49. The van der Waals surface area contributed by atoms with Crippen molar-refractivity contribution in [3.05, 3.63) is 29.3 Å². The van der Waals surface area contributed by atoms with Crippen LogP contribution in [0.2, 0.25) is 0 Å². The van der Waals surface area contributed by atoms with Crippen molar-refractivity contribution in [2.75, 3.05) is 16.8 Å². The third kappa shape index (κ3) is 5.31. The Morgan fingerprint density at radius 1 is 1.35 bits per heavy atom. The molecule has 0 aliphatic heterocycles. The lowest BCUT2D eigenvalue weighted by atomic mass is 10.1. The van der Waals surface area contributed by atoms with Crippen LogP contribution in [0.3, 0.4) is 0 Å². The van der Waals surface area contributed by atoms with E-state index in [9.17, 15) is 14.4 Å². The number of carboxylic acids is 1. The predicted molar refractivity (Wildman–Crippen MR) is 77.9 cm³/mol. The molecule has 4 N–H and O–H groups in total. The maximum atomic E-state index is 11.6. The van der Waals surface area contributed by atoms with E-state index >= 15 is 0 Å². The molecular weight excluding hydrogens is 280 g/mol. The first kappa shape index (κ1) is 16.0. The van der Waals surface area contributed by atoms with Crippen molar-refractivity contribution in [2.24, 2.45) is 5.73 Å². The number of hydrogen-bond acceptors (Lipinski definition) is 4. The highest BCUT2D eigenvalue weighted by Crippen LogP contribution is 2.16. The van der Waals surface area contributed by atoms with Crippen molar-refractivity contribution in [3.8, 4) is 0 Å². The van der Waals surface area contributed by atoms with Gasteiger partial charge in [-0.25, -0.2) is 4.79 Å². The number of carbonyl (C=O) groups is 3. The van der Waals surface area contributed by atoms with Crippen LogP contribution in [0.5, 0.6) is 0 Å². The van der Waals surface area contributed by atoms with Gasteiger partial charge in [0.1, 0.15) is 0 Å². The van der Waals surface area contributed by atoms with Crippen LogP contribution in [0, 0.1) is 6.92 Å². The van der Waals surface area contributed by atoms with Crippen molar-refractivity contribution in [3.63, 3.8) is 0 Å². The minimum absolute atomic E-state index is 0.158. The van der Waals surface area contributed by atoms with Crippen LogP contribution in [-0.4, -0.2) is 34.4 Å². The van der Waals surface area contributed by atoms with E-state index in [1.165, 1.54) is 17.8 Å². The molecule has 0 heterocycles. The highest BCUT2D eigenvalue weighted by Gasteiger charge is 2.09. The Bertz CT molecular complexity index is 531. The molecule has 0 saturated carbocycles. The number of hydrogen-bond donors (Lipinski definition) is 3. The average Bonchev–Trinajstić information content (AvgIpc) is 2.36. The zero-order valence-corrected chi connectivity index (χ0v) is 11.8. The molecule has 2 amide bonds. The third-order valence-corrected chi connectivity index (χ3v) is 3.45. The lowest BCUT2D eigenvalue weighted by molar-refractivity contribution is -0.116. The number of carbonyl (C=O) groups excluding carboxylic acids is 2. The highest BCUT2D eigenvalue weighted by molar-refractivity contribution is 7.99. The van der Waals surface area contributed by atoms with Gasteiger partial charge in [-0.05, 0) is 24.6 Å². The number of nitrogens with two attached hydrogens (primary N) is 1. The normalized spacial score (nSPS) is 10.1. The van der Waals surface area contributed by atoms with Crippen LogP contribution in [0.15, 0.2) is 18.2 Å². The number of aromatic carboxylic acids is 1. The number of nitrogens with one attached hydrogen (secondary N) is 1. The molecule has 0 aliphatic rings. The molecular formula is C13H16N2O4S. The maximum absolute atomic E-state index is 11.6. The first-order chi connectivity index (χ1) is 9.40. The second-order valence-electron chi connectivity index (χ2n) is 4.15. The fourth-order valence-corrected chi connectivity index (χ4v) is 2.17. The minimum atomic E-state index is -1.03. The number of thioether (sulfide) groups is 1. The van der Waals surface area contributed by atoms with E-state index in [2.05, 4.69) is 5.32 Å². The molecule has 0 radical (unpaired) electrons. The number of amides is 2. The molecule has 20 heavy (non-hydrogen) atoms. The number of carboxylic acid groups (broad SMARTS) is 1. The van der Waals surface area contributed by atoms with Gasteiger partial charge >= 0.3 is 5.97 Å². The van der Waals surface area contributed by atoms with E-state index in [-0.39, 0.29) is 23.6 Å². The largest absolute Gasteiger partial charge is 0.478 e. The van der Waals surface area contributed by atoms with Crippen LogP contribution in [0.25, 0.3) is 0 Å². The Morgan fingerprint density at radius 2 is 2.05 bits per heavy atom. The van der Waals surface area contributed by atoms with E-state index in [1.807, 2.05) is 0 Å². The van der Waals surface area contributed by atoms with Gasteiger partial charge in [0.05, 0.1) is 11.3 Å². The molecule has 0 atom stereocenters. The summed E-state index contributed by atoms with van der Waals surface area (Å²) < 4.78 is 0. The summed E-state index contributed by atoms with van der Waals surface area (Å²) in [6.07, 6.45) is 0.230. The van der Waals surface area contributed by atoms with Crippen LogP contribution in [0.1, 0.15) is 22.3 Å². The third-order valence-electron chi connectivity index (χ3n) is 2.47. The molecule has 0 fully saturated rings. The molecule has 1 aromatic carbocycles. The Morgan fingerprint density at radius 3 is 2.65 bits per heavy atom. The first-order valence-corrected chi connectivity index (χ1v) is 7.05. The highest BCUT2D eigenvalue weighted by atomic mass is 32.2. The number of aryl methyl sites for hydroxylation is 1. The number of benzene rings is 1. The molecule has 1 rings (SSSR count). The van der Waals surface area contributed by atoms with Gasteiger partial charge in [-0.2, -0.15) is 11.8 Å². The van der Waals surface area contributed by atoms with Crippen molar-refractivity contribution < 1.29 is 19.5 Å². The van der Waals surface area contributed by atoms with E-state index in [1.54, 1.807) is 19.1 Å². The zero-order valence-electron chi connectivity index (χ0n) is 11.0. The van der Waals surface area contributed by atoms with Gasteiger partial charge in [0.25, 0.3) is 0 Å².